The molecule has 1 aliphatic carbocycles. The predicted molar refractivity (Wildman–Crippen MR) is 82.5 cm³/mol. The summed E-state index contributed by atoms with van der Waals surface area (Å²) in [5.41, 5.74) is 0. The molecular formula is C16H24FNO2S. The molecule has 2 unspecified atom stereocenters. The summed E-state index contributed by atoms with van der Waals surface area (Å²) in [6, 6.07) is 6.05. The van der Waals surface area contributed by atoms with Crippen LogP contribution in [0.25, 0.3) is 0 Å². The SMILES string of the molecule is CCCNC1CCCC1CCS(=O)(=O)c1ccccc1F. The molecule has 2 atom stereocenters. The van der Waals surface area contributed by atoms with Crippen molar-refractivity contribution in [3.63, 3.8) is 0 Å². The number of benzene rings is 1. The summed E-state index contributed by atoms with van der Waals surface area (Å²) in [7, 11) is -3.53. The molecule has 3 nitrogen and oxygen atoms in total. The smallest absolute Gasteiger partial charge is 0.181 e. The maximum Gasteiger partial charge on any atom is 0.181 e. The first-order valence-electron chi connectivity index (χ1n) is 7.75. The topological polar surface area (TPSA) is 46.2 Å². The third-order valence-electron chi connectivity index (χ3n) is 4.24. The minimum Gasteiger partial charge on any atom is -0.314 e. The molecule has 0 bridgehead atoms. The second kappa shape index (κ2) is 7.36. The van der Waals surface area contributed by atoms with Crippen molar-refractivity contribution in [1.29, 1.82) is 0 Å². The number of sulfone groups is 1. The Balaban J connectivity index is 1.97. The van der Waals surface area contributed by atoms with Crippen LogP contribution in [0.4, 0.5) is 4.39 Å². The number of nitrogens with one attached hydrogen (secondary N) is 1. The lowest BCUT2D eigenvalue weighted by molar-refractivity contribution is 0.391. The Morgan fingerprint density at radius 3 is 2.76 bits per heavy atom. The fraction of sp³-hybridized carbons (Fsp3) is 0.625. The van der Waals surface area contributed by atoms with Crippen LogP contribution < -0.4 is 5.32 Å². The van der Waals surface area contributed by atoms with Gasteiger partial charge in [-0.25, -0.2) is 12.8 Å². The van der Waals surface area contributed by atoms with E-state index in [1.165, 1.54) is 18.2 Å². The van der Waals surface area contributed by atoms with Crippen molar-refractivity contribution < 1.29 is 12.8 Å². The Kier molecular flexibility index (Phi) is 5.76. The number of hydrogen-bond donors (Lipinski definition) is 1. The van der Waals surface area contributed by atoms with Crippen LogP contribution in [0.15, 0.2) is 29.2 Å². The van der Waals surface area contributed by atoms with E-state index < -0.39 is 15.7 Å². The molecule has 0 amide bonds. The van der Waals surface area contributed by atoms with Gasteiger partial charge < -0.3 is 5.32 Å². The van der Waals surface area contributed by atoms with Crippen LogP contribution in [0.1, 0.15) is 39.0 Å². The van der Waals surface area contributed by atoms with E-state index in [0.29, 0.717) is 18.4 Å². The van der Waals surface area contributed by atoms with E-state index in [9.17, 15) is 12.8 Å². The molecule has 0 radical (unpaired) electrons. The van der Waals surface area contributed by atoms with Crippen LogP contribution in [0.3, 0.4) is 0 Å². The maximum absolute atomic E-state index is 13.6. The second-order valence-corrected chi connectivity index (χ2v) is 7.87. The number of rotatable bonds is 7. The molecule has 0 heterocycles. The van der Waals surface area contributed by atoms with E-state index in [1.54, 1.807) is 6.07 Å². The zero-order chi connectivity index (χ0) is 15.3. The van der Waals surface area contributed by atoms with Gasteiger partial charge in [0.25, 0.3) is 0 Å². The highest BCUT2D eigenvalue weighted by molar-refractivity contribution is 7.91. The van der Waals surface area contributed by atoms with Crippen LogP contribution in [-0.2, 0) is 9.84 Å². The van der Waals surface area contributed by atoms with Gasteiger partial charge in [-0.3, -0.25) is 0 Å². The van der Waals surface area contributed by atoms with Gasteiger partial charge in [0.1, 0.15) is 10.7 Å². The van der Waals surface area contributed by atoms with Gasteiger partial charge in [-0.2, -0.15) is 0 Å². The van der Waals surface area contributed by atoms with Crippen LogP contribution in [0.5, 0.6) is 0 Å². The molecule has 1 saturated carbocycles. The minimum absolute atomic E-state index is 0.0307. The zero-order valence-electron chi connectivity index (χ0n) is 12.5. The Morgan fingerprint density at radius 2 is 2.05 bits per heavy atom. The summed E-state index contributed by atoms with van der Waals surface area (Å²) >= 11 is 0. The van der Waals surface area contributed by atoms with Crippen LogP contribution in [-0.4, -0.2) is 26.8 Å². The molecule has 0 aromatic heterocycles. The summed E-state index contributed by atoms with van der Waals surface area (Å²) in [4.78, 5) is -0.166. The van der Waals surface area contributed by atoms with E-state index in [4.69, 9.17) is 0 Å². The molecule has 0 spiro atoms. The van der Waals surface area contributed by atoms with Crippen molar-refractivity contribution in [3.8, 4) is 0 Å². The van der Waals surface area contributed by atoms with E-state index in [-0.39, 0.29) is 10.6 Å². The van der Waals surface area contributed by atoms with E-state index in [0.717, 1.165) is 32.2 Å². The summed E-state index contributed by atoms with van der Waals surface area (Å²) in [5, 5.41) is 3.50. The first-order chi connectivity index (χ1) is 10.0. The maximum atomic E-state index is 13.6. The highest BCUT2D eigenvalue weighted by Gasteiger charge is 2.29. The third-order valence-corrected chi connectivity index (χ3v) is 6.02. The Hall–Kier alpha value is -0.940. The molecule has 2 rings (SSSR count). The van der Waals surface area contributed by atoms with Crippen LogP contribution in [0, 0.1) is 11.7 Å². The fourth-order valence-electron chi connectivity index (χ4n) is 3.09. The molecule has 1 aromatic carbocycles. The third kappa shape index (κ3) is 4.27. The standard InChI is InChI=1S/C16H24FNO2S/c1-2-11-18-15-8-5-6-13(15)10-12-21(19,20)16-9-4-3-7-14(16)17/h3-4,7,9,13,15,18H,2,5-6,8,10-12H2,1H3. The fourth-order valence-corrected chi connectivity index (χ4v) is 4.58. The molecule has 1 aromatic rings. The van der Waals surface area contributed by atoms with Crippen LogP contribution >= 0.6 is 0 Å². The zero-order valence-corrected chi connectivity index (χ0v) is 13.3. The van der Waals surface area contributed by atoms with Gasteiger partial charge in [-0.05, 0) is 50.3 Å². The quantitative estimate of drug-likeness (QED) is 0.841. The molecule has 1 N–H and O–H groups in total. The molecule has 118 valence electrons. The highest BCUT2D eigenvalue weighted by atomic mass is 32.2. The lowest BCUT2D eigenvalue weighted by Gasteiger charge is -2.20. The Labute approximate surface area is 126 Å². The first kappa shape index (κ1) is 16.4. The van der Waals surface area contributed by atoms with Crippen molar-refractivity contribution in [2.45, 2.75) is 50.0 Å². The van der Waals surface area contributed by atoms with Gasteiger partial charge >= 0.3 is 0 Å². The number of hydrogen-bond acceptors (Lipinski definition) is 3. The van der Waals surface area contributed by atoms with Crippen LogP contribution in [0.2, 0.25) is 0 Å². The van der Waals surface area contributed by atoms with Crippen molar-refractivity contribution >= 4 is 9.84 Å². The van der Waals surface area contributed by atoms with Crippen molar-refractivity contribution in [2.24, 2.45) is 5.92 Å². The summed E-state index contributed by atoms with van der Waals surface area (Å²) in [5.74, 6) is -0.231. The molecule has 21 heavy (non-hydrogen) atoms. The molecular weight excluding hydrogens is 289 g/mol. The van der Waals surface area contributed by atoms with Gasteiger partial charge in [-0.15, -0.1) is 0 Å². The van der Waals surface area contributed by atoms with E-state index in [2.05, 4.69) is 12.2 Å². The lowest BCUT2D eigenvalue weighted by atomic mass is 10.0. The van der Waals surface area contributed by atoms with Gasteiger partial charge in [0, 0.05) is 6.04 Å². The summed E-state index contributed by atoms with van der Waals surface area (Å²) in [6.07, 6.45) is 5.01. The molecule has 1 fully saturated rings. The largest absolute Gasteiger partial charge is 0.314 e. The van der Waals surface area contributed by atoms with Crippen molar-refractivity contribution in [3.05, 3.63) is 30.1 Å². The van der Waals surface area contributed by atoms with Gasteiger partial charge in [0.05, 0.1) is 5.75 Å². The van der Waals surface area contributed by atoms with Gasteiger partial charge in [0.2, 0.25) is 0 Å². The summed E-state index contributed by atoms with van der Waals surface area (Å²) in [6.45, 7) is 3.10. The Morgan fingerprint density at radius 1 is 1.29 bits per heavy atom. The normalized spacial score (nSPS) is 22.6. The van der Waals surface area contributed by atoms with Gasteiger partial charge in [0.15, 0.2) is 9.84 Å². The first-order valence-corrected chi connectivity index (χ1v) is 9.40. The average Bonchev–Trinajstić information content (AvgIpc) is 2.91. The number of halogens is 1. The van der Waals surface area contributed by atoms with Crippen molar-refractivity contribution in [2.75, 3.05) is 12.3 Å². The Bertz CT molecular complexity index is 559. The van der Waals surface area contributed by atoms with E-state index in [1.807, 2.05) is 0 Å². The van der Waals surface area contributed by atoms with Gasteiger partial charge in [-0.1, -0.05) is 25.5 Å². The monoisotopic (exact) mass is 313 g/mol. The highest BCUT2D eigenvalue weighted by Crippen LogP contribution is 2.30. The minimum atomic E-state index is -3.53. The molecule has 0 aliphatic heterocycles. The summed E-state index contributed by atoms with van der Waals surface area (Å²) < 4.78 is 38.2. The van der Waals surface area contributed by atoms with E-state index >= 15 is 0 Å². The molecule has 1 aliphatic rings. The predicted octanol–water partition coefficient (Wildman–Crippen LogP) is 3.16. The lowest BCUT2D eigenvalue weighted by Crippen LogP contribution is -2.33. The average molecular weight is 313 g/mol. The molecule has 0 saturated heterocycles. The second-order valence-electron chi connectivity index (χ2n) is 5.79. The van der Waals surface area contributed by atoms with Crippen molar-refractivity contribution in [1.82, 2.24) is 5.32 Å². The molecule has 5 heteroatoms.